The minimum absolute atomic E-state index is 0.00511. The van der Waals surface area contributed by atoms with Gasteiger partial charge in [0.25, 0.3) is 5.91 Å². The number of methoxy groups -OCH3 is 1. The number of phenolic OH excluding ortho intramolecular Hbond substituents is 1. The van der Waals surface area contributed by atoms with Crippen LogP contribution in [0.25, 0.3) is 0 Å². The molecule has 0 aliphatic heterocycles. The Balaban J connectivity index is 2.11. The number of hydrazone groups is 1. The number of carbonyl (C=O) groups is 1. The molecule has 0 spiro atoms. The molecule has 2 N–H and O–H groups in total. The highest BCUT2D eigenvalue weighted by Gasteiger charge is 2.14. The molecule has 0 unspecified atom stereocenters. The Morgan fingerprint density at radius 2 is 2.04 bits per heavy atom. The average molecular weight is 377 g/mol. The van der Waals surface area contributed by atoms with Gasteiger partial charge in [-0.15, -0.1) is 0 Å². The van der Waals surface area contributed by atoms with E-state index in [0.29, 0.717) is 27.6 Å². The molecule has 0 saturated heterocycles. The molecule has 0 fully saturated rings. The topological polar surface area (TPSA) is 80.2 Å². The lowest BCUT2D eigenvalue weighted by atomic mass is 10.2. The third-order valence-electron chi connectivity index (χ3n) is 3.65. The average Bonchev–Trinajstić information content (AvgIpc) is 2.63. The number of hydrogen-bond acceptors (Lipinski definition) is 5. The van der Waals surface area contributed by atoms with E-state index in [2.05, 4.69) is 10.5 Å². The standard InChI is InChI=1S/C19H21ClN2O4/c1-4-12(2)26-18-16(20)9-13(10-17(18)25-3)11-21-22-19(24)14-5-7-15(23)8-6-14/h5-12,23H,4H2,1-3H3,(H,22,24)/b21-11-/t12-/m0/s1. The quantitative estimate of drug-likeness (QED) is 0.565. The first kappa shape index (κ1) is 19.6. The van der Waals surface area contributed by atoms with E-state index in [9.17, 15) is 9.90 Å². The Kier molecular flexibility index (Phi) is 6.86. The number of benzene rings is 2. The maximum Gasteiger partial charge on any atom is 0.271 e. The highest BCUT2D eigenvalue weighted by Crippen LogP contribution is 2.37. The fourth-order valence-corrected chi connectivity index (χ4v) is 2.32. The van der Waals surface area contributed by atoms with Crippen LogP contribution in [0, 0.1) is 0 Å². The van der Waals surface area contributed by atoms with Gasteiger partial charge >= 0.3 is 0 Å². The molecule has 0 saturated carbocycles. The number of rotatable bonds is 7. The molecular formula is C19H21ClN2O4. The first-order valence-corrected chi connectivity index (χ1v) is 8.49. The van der Waals surface area contributed by atoms with Gasteiger partial charge in [-0.05, 0) is 55.3 Å². The zero-order valence-electron chi connectivity index (χ0n) is 14.8. The Bertz CT molecular complexity index is 791. The van der Waals surface area contributed by atoms with Crippen molar-refractivity contribution in [2.45, 2.75) is 26.4 Å². The van der Waals surface area contributed by atoms with Gasteiger partial charge in [0, 0.05) is 5.56 Å². The number of carbonyl (C=O) groups excluding carboxylic acids is 1. The molecule has 6 nitrogen and oxygen atoms in total. The van der Waals surface area contributed by atoms with Crippen molar-refractivity contribution in [2.24, 2.45) is 5.10 Å². The zero-order chi connectivity index (χ0) is 19.1. The van der Waals surface area contributed by atoms with Crippen LogP contribution in [0.15, 0.2) is 41.5 Å². The smallest absolute Gasteiger partial charge is 0.271 e. The number of halogens is 1. The predicted octanol–water partition coefficient (Wildman–Crippen LogP) is 4.00. The van der Waals surface area contributed by atoms with Gasteiger partial charge in [0.1, 0.15) is 5.75 Å². The highest BCUT2D eigenvalue weighted by molar-refractivity contribution is 6.32. The normalized spacial score (nSPS) is 12.0. The second kappa shape index (κ2) is 9.10. The summed E-state index contributed by atoms with van der Waals surface area (Å²) in [5.41, 5.74) is 3.44. The molecule has 1 atom stereocenters. The van der Waals surface area contributed by atoms with Crippen molar-refractivity contribution >= 4 is 23.7 Å². The summed E-state index contributed by atoms with van der Waals surface area (Å²) >= 11 is 6.29. The van der Waals surface area contributed by atoms with E-state index in [1.807, 2.05) is 13.8 Å². The van der Waals surface area contributed by atoms with E-state index in [0.717, 1.165) is 6.42 Å². The molecule has 2 aromatic rings. The number of aromatic hydroxyl groups is 1. The molecule has 26 heavy (non-hydrogen) atoms. The van der Waals surface area contributed by atoms with Gasteiger partial charge in [0.05, 0.1) is 24.5 Å². The van der Waals surface area contributed by atoms with Crippen LogP contribution in [0.1, 0.15) is 36.2 Å². The summed E-state index contributed by atoms with van der Waals surface area (Å²) in [6, 6.07) is 9.26. The van der Waals surface area contributed by atoms with Crippen LogP contribution in [-0.2, 0) is 0 Å². The molecule has 7 heteroatoms. The molecule has 2 aromatic carbocycles. The van der Waals surface area contributed by atoms with E-state index in [-0.39, 0.29) is 11.9 Å². The van der Waals surface area contributed by atoms with Crippen LogP contribution < -0.4 is 14.9 Å². The third-order valence-corrected chi connectivity index (χ3v) is 3.94. The van der Waals surface area contributed by atoms with Crippen molar-refractivity contribution in [3.63, 3.8) is 0 Å². The van der Waals surface area contributed by atoms with Crippen LogP contribution in [0.3, 0.4) is 0 Å². The summed E-state index contributed by atoms with van der Waals surface area (Å²) in [7, 11) is 1.53. The van der Waals surface area contributed by atoms with Crippen molar-refractivity contribution in [1.82, 2.24) is 5.43 Å². The lowest BCUT2D eigenvalue weighted by Gasteiger charge is -2.17. The Hall–Kier alpha value is -2.73. The van der Waals surface area contributed by atoms with E-state index >= 15 is 0 Å². The predicted molar refractivity (Wildman–Crippen MR) is 102 cm³/mol. The van der Waals surface area contributed by atoms with E-state index in [1.54, 1.807) is 12.1 Å². The third kappa shape index (κ3) is 5.13. The molecule has 1 amide bonds. The Morgan fingerprint density at radius 1 is 1.35 bits per heavy atom. The van der Waals surface area contributed by atoms with Gasteiger partial charge < -0.3 is 14.6 Å². The van der Waals surface area contributed by atoms with Gasteiger partial charge in [-0.3, -0.25) is 4.79 Å². The Labute approximate surface area is 157 Å². The van der Waals surface area contributed by atoms with Crippen LogP contribution in [0.5, 0.6) is 17.2 Å². The van der Waals surface area contributed by atoms with Gasteiger partial charge in [-0.1, -0.05) is 18.5 Å². The fraction of sp³-hybridized carbons (Fsp3) is 0.263. The summed E-state index contributed by atoms with van der Waals surface area (Å²) in [6.45, 7) is 3.97. The van der Waals surface area contributed by atoms with Gasteiger partial charge in [-0.25, -0.2) is 5.43 Å². The van der Waals surface area contributed by atoms with E-state index in [4.69, 9.17) is 21.1 Å². The molecule has 0 aromatic heterocycles. The van der Waals surface area contributed by atoms with Gasteiger partial charge in [-0.2, -0.15) is 5.10 Å². The first-order valence-electron chi connectivity index (χ1n) is 8.11. The van der Waals surface area contributed by atoms with Crippen LogP contribution >= 0.6 is 11.6 Å². The summed E-state index contributed by atoms with van der Waals surface area (Å²) < 4.78 is 11.1. The lowest BCUT2D eigenvalue weighted by molar-refractivity contribution is 0.0955. The number of ether oxygens (including phenoxy) is 2. The number of nitrogens with zero attached hydrogens (tertiary/aromatic N) is 1. The lowest BCUT2D eigenvalue weighted by Crippen LogP contribution is -2.17. The number of amides is 1. The molecule has 0 heterocycles. The molecule has 2 rings (SSSR count). The molecule has 0 aliphatic carbocycles. The Morgan fingerprint density at radius 3 is 2.65 bits per heavy atom. The second-order valence-electron chi connectivity index (χ2n) is 5.62. The number of hydrogen-bond donors (Lipinski definition) is 2. The van der Waals surface area contributed by atoms with E-state index < -0.39 is 5.91 Å². The zero-order valence-corrected chi connectivity index (χ0v) is 15.6. The minimum Gasteiger partial charge on any atom is -0.508 e. The number of nitrogens with one attached hydrogen (secondary N) is 1. The van der Waals surface area contributed by atoms with Crippen molar-refractivity contribution in [3.05, 3.63) is 52.5 Å². The number of phenols is 1. The van der Waals surface area contributed by atoms with Crippen molar-refractivity contribution in [3.8, 4) is 17.2 Å². The molecule has 0 aliphatic rings. The molecule has 0 bridgehead atoms. The van der Waals surface area contributed by atoms with Crippen LogP contribution in [-0.4, -0.2) is 30.4 Å². The SMILES string of the molecule is CC[C@H](C)Oc1c(Cl)cc(/C=N\NC(=O)c2ccc(O)cc2)cc1OC. The van der Waals surface area contributed by atoms with Crippen LogP contribution in [0.2, 0.25) is 5.02 Å². The summed E-state index contributed by atoms with van der Waals surface area (Å²) in [4.78, 5) is 12.0. The maximum atomic E-state index is 12.0. The van der Waals surface area contributed by atoms with Gasteiger partial charge in [0.15, 0.2) is 11.5 Å². The first-order chi connectivity index (χ1) is 12.4. The molecule has 0 radical (unpaired) electrons. The van der Waals surface area contributed by atoms with Crippen LogP contribution in [0.4, 0.5) is 0 Å². The van der Waals surface area contributed by atoms with Crippen molar-refractivity contribution in [2.75, 3.05) is 7.11 Å². The molecule has 138 valence electrons. The van der Waals surface area contributed by atoms with Crippen molar-refractivity contribution in [1.29, 1.82) is 0 Å². The highest BCUT2D eigenvalue weighted by atomic mass is 35.5. The summed E-state index contributed by atoms with van der Waals surface area (Å²) in [6.07, 6.45) is 2.30. The maximum absolute atomic E-state index is 12.0. The van der Waals surface area contributed by atoms with Gasteiger partial charge in [0.2, 0.25) is 0 Å². The van der Waals surface area contributed by atoms with Crippen molar-refractivity contribution < 1.29 is 19.4 Å². The largest absolute Gasteiger partial charge is 0.508 e. The van der Waals surface area contributed by atoms with E-state index in [1.165, 1.54) is 37.6 Å². The minimum atomic E-state index is -0.393. The molecular weight excluding hydrogens is 356 g/mol. The monoisotopic (exact) mass is 376 g/mol. The summed E-state index contributed by atoms with van der Waals surface area (Å²) in [5.74, 6) is 0.667. The second-order valence-corrected chi connectivity index (χ2v) is 6.02. The fourth-order valence-electron chi connectivity index (χ4n) is 2.06. The summed E-state index contributed by atoms with van der Waals surface area (Å²) in [5, 5.41) is 13.6.